The maximum atomic E-state index is 12.3. The highest BCUT2D eigenvalue weighted by Gasteiger charge is 2.42. The summed E-state index contributed by atoms with van der Waals surface area (Å²) in [4.78, 5) is 0.278. The van der Waals surface area contributed by atoms with Gasteiger partial charge in [0.25, 0.3) is 0 Å². The second-order valence-corrected chi connectivity index (χ2v) is 6.44. The van der Waals surface area contributed by atoms with E-state index < -0.39 is 10.0 Å². The summed E-state index contributed by atoms with van der Waals surface area (Å²) < 4.78 is 27.3. The fourth-order valence-corrected chi connectivity index (χ4v) is 3.61. The zero-order chi connectivity index (χ0) is 12.7. The molecule has 0 aromatic carbocycles. The Hall–Kier alpha value is -0.920. The number of hydrogen-bond acceptors (Lipinski definition) is 4. The van der Waals surface area contributed by atoms with Gasteiger partial charge in [0.15, 0.2) is 0 Å². The van der Waals surface area contributed by atoms with Gasteiger partial charge >= 0.3 is 0 Å². The largest absolute Gasteiger partial charge is 0.314 e. The number of nitrogens with zero attached hydrogens (tertiary/aromatic N) is 1. The normalized spacial score (nSPS) is 18.3. The number of H-pyrrole nitrogens is 1. The van der Waals surface area contributed by atoms with Crippen molar-refractivity contribution in [2.75, 3.05) is 7.05 Å². The molecule has 0 unspecified atom stereocenters. The minimum atomic E-state index is -3.48. The van der Waals surface area contributed by atoms with Crippen LogP contribution in [0, 0.1) is 6.92 Å². The Kier molecular flexibility index (Phi) is 3.01. The van der Waals surface area contributed by atoms with Crippen molar-refractivity contribution in [3.8, 4) is 0 Å². The molecule has 6 nitrogen and oxygen atoms in total. The van der Waals surface area contributed by atoms with Crippen LogP contribution in [-0.2, 0) is 16.6 Å². The first kappa shape index (κ1) is 12.5. The van der Waals surface area contributed by atoms with Crippen molar-refractivity contribution in [1.82, 2.24) is 20.2 Å². The van der Waals surface area contributed by atoms with E-state index in [1.54, 1.807) is 14.0 Å². The molecule has 1 aliphatic carbocycles. The van der Waals surface area contributed by atoms with Crippen molar-refractivity contribution >= 4 is 10.0 Å². The fraction of sp³-hybridized carbons (Fsp3) is 0.700. The van der Waals surface area contributed by atoms with Crippen LogP contribution in [0.3, 0.4) is 0 Å². The van der Waals surface area contributed by atoms with Crippen LogP contribution in [0.2, 0.25) is 0 Å². The van der Waals surface area contributed by atoms with Gasteiger partial charge in [-0.3, -0.25) is 5.10 Å². The van der Waals surface area contributed by atoms with Gasteiger partial charge in [0.05, 0.1) is 11.4 Å². The number of sulfonamides is 1. The molecule has 0 atom stereocenters. The summed E-state index contributed by atoms with van der Waals surface area (Å²) in [5, 5.41) is 9.65. The van der Waals surface area contributed by atoms with E-state index in [1.807, 2.05) is 6.92 Å². The maximum Gasteiger partial charge on any atom is 0.244 e. The number of nitrogens with one attached hydrogen (secondary N) is 3. The van der Waals surface area contributed by atoms with Gasteiger partial charge in [0, 0.05) is 12.1 Å². The lowest BCUT2D eigenvalue weighted by atomic mass is 10.4. The molecule has 0 bridgehead atoms. The predicted octanol–water partition coefficient (Wildman–Crippen LogP) is 0.268. The summed E-state index contributed by atoms with van der Waals surface area (Å²) in [5.74, 6) is 0. The Bertz CT molecular complexity index is 516. The molecule has 0 saturated heterocycles. The first-order chi connectivity index (χ1) is 7.88. The second kappa shape index (κ2) is 4.08. The molecule has 1 fully saturated rings. The number of aromatic amines is 1. The molecule has 2 rings (SSSR count). The van der Waals surface area contributed by atoms with E-state index in [-0.39, 0.29) is 10.4 Å². The van der Waals surface area contributed by atoms with Crippen LogP contribution in [0.25, 0.3) is 0 Å². The number of rotatable bonds is 5. The Morgan fingerprint density at radius 3 is 2.65 bits per heavy atom. The zero-order valence-corrected chi connectivity index (χ0v) is 11.1. The smallest absolute Gasteiger partial charge is 0.244 e. The summed E-state index contributed by atoms with van der Waals surface area (Å²) in [5.41, 5.74) is 0.841. The summed E-state index contributed by atoms with van der Waals surface area (Å²) in [6.07, 6.45) is 1.79. The van der Waals surface area contributed by atoms with Crippen molar-refractivity contribution in [3.63, 3.8) is 0 Å². The zero-order valence-electron chi connectivity index (χ0n) is 10.3. The van der Waals surface area contributed by atoms with E-state index in [0.29, 0.717) is 17.9 Å². The van der Waals surface area contributed by atoms with Gasteiger partial charge in [-0.2, -0.15) is 5.10 Å². The van der Waals surface area contributed by atoms with E-state index in [2.05, 4.69) is 20.2 Å². The summed E-state index contributed by atoms with van der Waals surface area (Å²) in [7, 11) is -1.72. The lowest BCUT2D eigenvalue weighted by molar-refractivity contribution is 0.556. The summed E-state index contributed by atoms with van der Waals surface area (Å²) in [6.45, 7) is 4.06. The van der Waals surface area contributed by atoms with Crippen LogP contribution < -0.4 is 10.0 Å². The van der Waals surface area contributed by atoms with Crippen LogP contribution in [0.5, 0.6) is 0 Å². The highest BCUT2D eigenvalue weighted by molar-refractivity contribution is 7.89. The number of hydrogen-bond donors (Lipinski definition) is 3. The van der Waals surface area contributed by atoms with Crippen LogP contribution in [0.4, 0.5) is 0 Å². The molecule has 0 aliphatic heterocycles. The summed E-state index contributed by atoms with van der Waals surface area (Å²) in [6, 6.07) is 0. The lowest BCUT2D eigenvalue weighted by Gasteiger charge is -2.12. The number of aryl methyl sites for hydroxylation is 1. The van der Waals surface area contributed by atoms with E-state index in [9.17, 15) is 8.42 Å². The maximum absolute atomic E-state index is 12.3. The Labute approximate surface area is 101 Å². The second-order valence-electron chi connectivity index (χ2n) is 4.82. The monoisotopic (exact) mass is 258 g/mol. The van der Waals surface area contributed by atoms with Gasteiger partial charge in [-0.15, -0.1) is 0 Å². The van der Waals surface area contributed by atoms with Gasteiger partial charge in [-0.05, 0) is 33.7 Å². The molecule has 3 N–H and O–H groups in total. The molecule has 0 radical (unpaired) electrons. The van der Waals surface area contributed by atoms with Crippen molar-refractivity contribution in [3.05, 3.63) is 11.4 Å². The Morgan fingerprint density at radius 2 is 2.12 bits per heavy atom. The molecule has 1 heterocycles. The molecule has 1 aromatic rings. The molecule has 7 heteroatoms. The predicted molar refractivity (Wildman–Crippen MR) is 64.0 cm³/mol. The highest BCUT2D eigenvalue weighted by Crippen LogP contribution is 2.36. The van der Waals surface area contributed by atoms with Crippen LogP contribution in [-0.4, -0.2) is 31.2 Å². The molecule has 0 amide bonds. The van der Waals surface area contributed by atoms with Crippen molar-refractivity contribution in [1.29, 1.82) is 0 Å². The van der Waals surface area contributed by atoms with Crippen LogP contribution in [0.1, 0.15) is 31.2 Å². The third-order valence-corrected chi connectivity index (χ3v) is 4.80. The van der Waals surface area contributed by atoms with Crippen LogP contribution >= 0.6 is 0 Å². The molecular weight excluding hydrogens is 240 g/mol. The third kappa shape index (κ3) is 2.51. The van der Waals surface area contributed by atoms with Gasteiger partial charge in [-0.25, -0.2) is 13.1 Å². The van der Waals surface area contributed by atoms with Gasteiger partial charge < -0.3 is 5.32 Å². The van der Waals surface area contributed by atoms with Gasteiger partial charge in [0.1, 0.15) is 4.90 Å². The first-order valence-corrected chi connectivity index (χ1v) is 7.09. The Morgan fingerprint density at radius 1 is 1.47 bits per heavy atom. The van der Waals surface area contributed by atoms with Crippen LogP contribution in [0.15, 0.2) is 4.90 Å². The lowest BCUT2D eigenvalue weighted by Crippen LogP contribution is -2.35. The van der Waals surface area contributed by atoms with E-state index in [0.717, 1.165) is 12.8 Å². The summed E-state index contributed by atoms with van der Waals surface area (Å²) >= 11 is 0. The van der Waals surface area contributed by atoms with Gasteiger partial charge in [0.2, 0.25) is 10.0 Å². The van der Waals surface area contributed by atoms with Crippen molar-refractivity contribution < 1.29 is 8.42 Å². The quantitative estimate of drug-likeness (QED) is 0.707. The first-order valence-electron chi connectivity index (χ1n) is 5.60. The number of aromatic nitrogens is 2. The minimum absolute atomic E-state index is 0.264. The minimum Gasteiger partial charge on any atom is -0.314 e. The molecular formula is C10H18N4O2S. The molecule has 0 spiro atoms. The van der Waals surface area contributed by atoms with E-state index in [4.69, 9.17) is 0 Å². The molecule has 1 aromatic heterocycles. The van der Waals surface area contributed by atoms with E-state index in [1.165, 1.54) is 0 Å². The average molecular weight is 258 g/mol. The van der Waals surface area contributed by atoms with Crippen molar-refractivity contribution in [2.45, 2.75) is 43.7 Å². The molecule has 1 aliphatic rings. The molecule has 17 heavy (non-hydrogen) atoms. The Balaban J connectivity index is 2.34. The average Bonchev–Trinajstić information content (AvgIpc) is 2.77. The standard InChI is InChI=1S/C10H18N4O2S/c1-7-9(8(6-11-3)13-12-7)17(15,16)14-10(2)4-5-10/h11,14H,4-6H2,1-3H3,(H,12,13). The third-order valence-electron chi connectivity index (χ3n) is 2.95. The molecule has 96 valence electrons. The topological polar surface area (TPSA) is 86.9 Å². The highest BCUT2D eigenvalue weighted by atomic mass is 32.2. The van der Waals surface area contributed by atoms with E-state index >= 15 is 0 Å². The van der Waals surface area contributed by atoms with Gasteiger partial charge in [-0.1, -0.05) is 0 Å². The fourth-order valence-electron chi connectivity index (χ4n) is 1.78. The molecule has 1 saturated carbocycles. The SMILES string of the molecule is CNCc1n[nH]c(C)c1S(=O)(=O)NC1(C)CC1. The van der Waals surface area contributed by atoms with Crippen molar-refractivity contribution in [2.24, 2.45) is 0 Å².